The van der Waals surface area contributed by atoms with Crippen molar-refractivity contribution < 1.29 is 38.0 Å². The van der Waals surface area contributed by atoms with Crippen molar-refractivity contribution in [2.24, 2.45) is 0 Å². The molecule has 3 nitrogen and oxygen atoms in total. The van der Waals surface area contributed by atoms with Gasteiger partial charge in [0.05, 0.1) is 27.7 Å². The van der Waals surface area contributed by atoms with Gasteiger partial charge < -0.3 is 33.2 Å². The number of quaternary nitrogens is 1. The molecule has 1 atom stereocenters. The smallest absolute Gasteiger partial charge is 0.369 e. The monoisotopic (exact) mass is 349 g/mol. The van der Waals surface area contributed by atoms with Crippen molar-refractivity contribution in [3.63, 3.8) is 0 Å². The van der Waals surface area contributed by atoms with E-state index in [1.165, 1.54) is 0 Å². The van der Waals surface area contributed by atoms with Gasteiger partial charge in [0.2, 0.25) is 6.04 Å². The Kier molecular flexibility index (Phi) is 6.70. The van der Waals surface area contributed by atoms with Crippen LogP contribution in [0.15, 0.2) is 30.3 Å². The third-order valence-corrected chi connectivity index (χ3v) is 2.40. The van der Waals surface area contributed by atoms with E-state index in [2.05, 4.69) is 0 Å². The number of rotatable bonds is 4. The number of hydrogen-bond donors (Lipinski definition) is 0. The zero-order valence-corrected chi connectivity index (χ0v) is 13.0. The third kappa shape index (κ3) is 4.63. The van der Waals surface area contributed by atoms with Crippen molar-refractivity contribution >= 4 is 5.97 Å². The molecule has 1 rings (SSSR count). The molecule has 0 aliphatic heterocycles. The summed E-state index contributed by atoms with van der Waals surface area (Å²) in [5.74, 6) is -0.166. The number of esters is 1. The standard InChI is InChI=1S/C13H20NO2.HI/c1-5-16-13(15)12(14(2,3)4)11-9-7-6-8-10-11;/h6-10,12H,5H2,1-4H3;1H/q+1;/p-1. The molecule has 0 aliphatic carbocycles. The van der Waals surface area contributed by atoms with Gasteiger partial charge in [-0.05, 0) is 6.92 Å². The van der Waals surface area contributed by atoms with Gasteiger partial charge in [-0.2, -0.15) is 0 Å². The number of likely N-dealkylation sites (N-methyl/N-ethyl adjacent to an activating group) is 1. The fraction of sp³-hybridized carbons (Fsp3) is 0.462. The first-order valence-electron chi connectivity index (χ1n) is 5.49. The lowest BCUT2D eigenvalue weighted by Gasteiger charge is -2.32. The molecule has 17 heavy (non-hydrogen) atoms. The maximum Gasteiger partial charge on any atom is 0.369 e. The first kappa shape index (κ1) is 16.4. The van der Waals surface area contributed by atoms with E-state index >= 15 is 0 Å². The zero-order chi connectivity index (χ0) is 12.2. The van der Waals surface area contributed by atoms with Crippen molar-refractivity contribution in [1.29, 1.82) is 0 Å². The molecule has 96 valence electrons. The van der Waals surface area contributed by atoms with E-state index in [-0.39, 0.29) is 36.0 Å². The Bertz CT molecular complexity index is 346. The Morgan fingerprint density at radius 1 is 1.24 bits per heavy atom. The fourth-order valence-electron chi connectivity index (χ4n) is 1.76. The number of carbonyl (C=O) groups is 1. The second-order valence-corrected chi connectivity index (χ2v) is 4.68. The molecule has 0 aromatic heterocycles. The van der Waals surface area contributed by atoms with Gasteiger partial charge in [-0.25, -0.2) is 4.79 Å². The summed E-state index contributed by atoms with van der Waals surface area (Å²) in [6.07, 6.45) is 0. The van der Waals surface area contributed by atoms with Crippen molar-refractivity contribution in [1.82, 2.24) is 0 Å². The van der Waals surface area contributed by atoms with Crippen LogP contribution in [0, 0.1) is 0 Å². The molecule has 0 amide bonds. The first-order valence-corrected chi connectivity index (χ1v) is 5.49. The normalized spacial score (nSPS) is 12.5. The van der Waals surface area contributed by atoms with Crippen LogP contribution >= 0.6 is 0 Å². The molecule has 1 unspecified atom stereocenters. The molecule has 0 heterocycles. The van der Waals surface area contributed by atoms with Crippen LogP contribution in [-0.2, 0) is 9.53 Å². The van der Waals surface area contributed by atoms with Crippen LogP contribution in [0.3, 0.4) is 0 Å². The quantitative estimate of drug-likeness (QED) is 0.396. The summed E-state index contributed by atoms with van der Waals surface area (Å²) in [4.78, 5) is 12.0. The Labute approximate surface area is 120 Å². The molecule has 1 aromatic rings. The van der Waals surface area contributed by atoms with E-state index in [1.807, 2.05) is 58.4 Å². The topological polar surface area (TPSA) is 26.3 Å². The van der Waals surface area contributed by atoms with Gasteiger partial charge in [0.15, 0.2) is 0 Å². The van der Waals surface area contributed by atoms with Crippen LogP contribution < -0.4 is 24.0 Å². The number of hydrogen-bond acceptors (Lipinski definition) is 2. The third-order valence-electron chi connectivity index (χ3n) is 2.40. The first-order chi connectivity index (χ1) is 7.46. The van der Waals surface area contributed by atoms with E-state index in [1.54, 1.807) is 0 Å². The molecule has 0 saturated carbocycles. The summed E-state index contributed by atoms with van der Waals surface area (Å²) in [5, 5.41) is 0. The second-order valence-electron chi connectivity index (χ2n) is 4.68. The number of benzene rings is 1. The Hall–Kier alpha value is -0.620. The van der Waals surface area contributed by atoms with E-state index in [9.17, 15) is 4.79 Å². The Balaban J connectivity index is 0.00000256. The molecule has 0 fully saturated rings. The summed E-state index contributed by atoms with van der Waals surface area (Å²) >= 11 is 0. The maximum atomic E-state index is 12.0. The van der Waals surface area contributed by atoms with Gasteiger partial charge in [-0.15, -0.1) is 0 Å². The highest BCUT2D eigenvalue weighted by Gasteiger charge is 2.34. The SMILES string of the molecule is CCOC(=O)C(c1ccccc1)[N+](C)(C)C.[I-]. The van der Waals surface area contributed by atoms with Gasteiger partial charge in [0.25, 0.3) is 0 Å². The summed E-state index contributed by atoms with van der Waals surface area (Å²) < 4.78 is 5.66. The predicted octanol–water partition coefficient (Wildman–Crippen LogP) is -0.999. The van der Waals surface area contributed by atoms with Gasteiger partial charge in [-0.1, -0.05) is 30.3 Å². The number of carbonyl (C=O) groups excluding carboxylic acids is 1. The van der Waals surface area contributed by atoms with Crippen LogP contribution in [0.25, 0.3) is 0 Å². The highest BCUT2D eigenvalue weighted by molar-refractivity contribution is 5.76. The average molecular weight is 349 g/mol. The predicted molar refractivity (Wildman–Crippen MR) is 63.8 cm³/mol. The summed E-state index contributed by atoms with van der Waals surface area (Å²) in [7, 11) is 5.98. The van der Waals surface area contributed by atoms with Crippen molar-refractivity contribution in [2.45, 2.75) is 13.0 Å². The lowest BCUT2D eigenvalue weighted by Crippen LogP contribution is -3.00. The van der Waals surface area contributed by atoms with Crippen LogP contribution in [0.5, 0.6) is 0 Å². The van der Waals surface area contributed by atoms with Gasteiger partial charge in [0.1, 0.15) is 0 Å². The zero-order valence-electron chi connectivity index (χ0n) is 10.8. The minimum atomic E-state index is -0.263. The number of ether oxygens (including phenoxy) is 1. The molecular formula is C13H20INO2. The van der Waals surface area contributed by atoms with Crippen molar-refractivity contribution in [2.75, 3.05) is 27.7 Å². The number of nitrogens with zero attached hydrogens (tertiary/aromatic N) is 1. The molecule has 0 saturated heterocycles. The van der Waals surface area contributed by atoms with Gasteiger partial charge in [-0.3, -0.25) is 0 Å². The summed E-state index contributed by atoms with van der Waals surface area (Å²) in [5.41, 5.74) is 0.994. The minimum Gasteiger partial charge on any atom is -1.00 e. The van der Waals surface area contributed by atoms with Crippen molar-refractivity contribution in [3.8, 4) is 0 Å². The van der Waals surface area contributed by atoms with Crippen LogP contribution in [0.2, 0.25) is 0 Å². The van der Waals surface area contributed by atoms with Crippen LogP contribution in [0.4, 0.5) is 0 Å². The van der Waals surface area contributed by atoms with E-state index < -0.39 is 0 Å². The largest absolute Gasteiger partial charge is 1.00 e. The second kappa shape index (κ2) is 6.96. The van der Waals surface area contributed by atoms with Crippen LogP contribution in [0.1, 0.15) is 18.5 Å². The van der Waals surface area contributed by atoms with Crippen molar-refractivity contribution in [3.05, 3.63) is 35.9 Å². The molecule has 0 radical (unpaired) electrons. The molecular weight excluding hydrogens is 329 g/mol. The van der Waals surface area contributed by atoms with E-state index in [4.69, 9.17) is 4.74 Å². The lowest BCUT2D eigenvalue weighted by molar-refractivity contribution is -0.893. The number of halogens is 1. The summed E-state index contributed by atoms with van der Waals surface area (Å²) in [6.45, 7) is 2.25. The molecule has 0 bridgehead atoms. The molecule has 0 N–H and O–H groups in total. The van der Waals surface area contributed by atoms with Crippen LogP contribution in [-0.4, -0.2) is 38.2 Å². The van der Waals surface area contributed by atoms with Gasteiger partial charge in [0, 0.05) is 5.56 Å². The van der Waals surface area contributed by atoms with E-state index in [0.29, 0.717) is 11.1 Å². The fourth-order valence-corrected chi connectivity index (χ4v) is 1.76. The highest BCUT2D eigenvalue weighted by Crippen LogP contribution is 2.24. The van der Waals surface area contributed by atoms with Gasteiger partial charge >= 0.3 is 5.97 Å². The summed E-state index contributed by atoms with van der Waals surface area (Å²) in [6, 6.07) is 9.49. The lowest BCUT2D eigenvalue weighted by atomic mass is 10.0. The minimum absolute atomic E-state index is 0. The highest BCUT2D eigenvalue weighted by atomic mass is 127. The van der Waals surface area contributed by atoms with E-state index in [0.717, 1.165) is 5.56 Å². The average Bonchev–Trinajstić information content (AvgIpc) is 2.17. The Morgan fingerprint density at radius 2 is 1.76 bits per heavy atom. The molecule has 0 spiro atoms. The Morgan fingerprint density at radius 3 is 2.18 bits per heavy atom. The molecule has 4 heteroatoms. The maximum absolute atomic E-state index is 12.0. The molecule has 0 aliphatic rings. The molecule has 1 aromatic carbocycles.